The molecule has 0 aliphatic heterocycles. The van der Waals surface area contributed by atoms with E-state index in [9.17, 15) is 0 Å². The highest BCUT2D eigenvalue weighted by atomic mass is 35.5. The first-order valence-corrected chi connectivity index (χ1v) is 7.43. The Kier molecular flexibility index (Phi) is 4.54. The quantitative estimate of drug-likeness (QED) is 0.924. The lowest BCUT2D eigenvalue weighted by Crippen LogP contribution is -2.46. The Bertz CT molecular complexity index is 424. The number of halogens is 1. The number of methoxy groups -OCH3 is 1. The van der Waals surface area contributed by atoms with Gasteiger partial charge in [-0.15, -0.1) is 0 Å². The van der Waals surface area contributed by atoms with Gasteiger partial charge in [-0.05, 0) is 38.5 Å². The van der Waals surface area contributed by atoms with Gasteiger partial charge in [-0.1, -0.05) is 18.5 Å². The summed E-state index contributed by atoms with van der Waals surface area (Å²) in [6.45, 7) is 5.10. The van der Waals surface area contributed by atoms with Crippen LogP contribution >= 0.6 is 11.6 Å². The van der Waals surface area contributed by atoms with E-state index in [1.807, 2.05) is 11.6 Å². The molecule has 1 fully saturated rings. The summed E-state index contributed by atoms with van der Waals surface area (Å²) in [5.41, 5.74) is 7.11. The van der Waals surface area contributed by atoms with Gasteiger partial charge < -0.3 is 10.5 Å². The Morgan fingerprint density at radius 3 is 2.74 bits per heavy atom. The van der Waals surface area contributed by atoms with Crippen molar-refractivity contribution in [2.24, 2.45) is 11.7 Å². The van der Waals surface area contributed by atoms with E-state index in [0.717, 1.165) is 43.8 Å². The molecule has 0 radical (unpaired) electrons. The van der Waals surface area contributed by atoms with E-state index in [-0.39, 0.29) is 11.6 Å². The van der Waals surface area contributed by atoms with Gasteiger partial charge in [0.2, 0.25) is 0 Å². The number of nitrogens with two attached hydrogens (primary N) is 1. The summed E-state index contributed by atoms with van der Waals surface area (Å²) in [5.74, 6) is 0.752. The highest BCUT2D eigenvalue weighted by Crippen LogP contribution is 2.43. The second kappa shape index (κ2) is 5.81. The Morgan fingerprint density at radius 2 is 2.21 bits per heavy atom. The fraction of sp³-hybridized carbons (Fsp3) is 0.786. The van der Waals surface area contributed by atoms with Crippen molar-refractivity contribution in [2.75, 3.05) is 7.11 Å². The topological polar surface area (TPSA) is 53.1 Å². The van der Waals surface area contributed by atoms with Gasteiger partial charge in [0, 0.05) is 13.7 Å². The molecule has 1 saturated carbocycles. The Balaban J connectivity index is 2.30. The molecule has 0 saturated heterocycles. The Hall–Kier alpha value is -0.580. The monoisotopic (exact) mass is 285 g/mol. The van der Waals surface area contributed by atoms with Crippen LogP contribution in [-0.4, -0.2) is 22.5 Å². The summed E-state index contributed by atoms with van der Waals surface area (Å²) < 4.78 is 7.72. The molecule has 108 valence electrons. The molecule has 19 heavy (non-hydrogen) atoms. The summed E-state index contributed by atoms with van der Waals surface area (Å²) in [7, 11) is 1.76. The zero-order valence-electron chi connectivity index (χ0n) is 12.0. The van der Waals surface area contributed by atoms with Crippen molar-refractivity contribution < 1.29 is 4.74 Å². The molecule has 1 unspecified atom stereocenters. The van der Waals surface area contributed by atoms with Crippen LogP contribution in [0.1, 0.15) is 51.3 Å². The lowest BCUT2D eigenvalue weighted by molar-refractivity contribution is -0.0688. The second-order valence-electron chi connectivity index (χ2n) is 5.62. The molecule has 1 aliphatic carbocycles. The van der Waals surface area contributed by atoms with Crippen LogP contribution < -0.4 is 5.73 Å². The number of hydrogen-bond donors (Lipinski definition) is 1. The minimum absolute atomic E-state index is 0.222. The molecule has 1 atom stereocenters. The van der Waals surface area contributed by atoms with Gasteiger partial charge in [-0.2, -0.15) is 5.10 Å². The first-order chi connectivity index (χ1) is 9.04. The van der Waals surface area contributed by atoms with Crippen molar-refractivity contribution in [3.63, 3.8) is 0 Å². The molecular weight excluding hydrogens is 262 g/mol. The molecule has 2 rings (SSSR count). The molecule has 1 aromatic rings. The van der Waals surface area contributed by atoms with E-state index < -0.39 is 0 Å². The minimum atomic E-state index is -0.302. The van der Waals surface area contributed by atoms with E-state index >= 15 is 0 Å². The number of aromatic nitrogens is 2. The smallest absolute Gasteiger partial charge is 0.0886 e. The number of ether oxygens (including phenoxy) is 1. The van der Waals surface area contributed by atoms with Crippen LogP contribution in [0.3, 0.4) is 0 Å². The van der Waals surface area contributed by atoms with Gasteiger partial charge in [-0.3, -0.25) is 4.68 Å². The zero-order valence-corrected chi connectivity index (χ0v) is 12.8. The second-order valence-corrected chi connectivity index (χ2v) is 6.03. The predicted molar refractivity (Wildman–Crippen MR) is 77.2 cm³/mol. The normalized spacial score (nSPS) is 29.4. The summed E-state index contributed by atoms with van der Waals surface area (Å²) in [6.07, 6.45) is 5.95. The first-order valence-electron chi connectivity index (χ1n) is 7.06. The average molecular weight is 286 g/mol. The first kappa shape index (κ1) is 14.8. The lowest BCUT2D eigenvalue weighted by Gasteiger charge is -2.42. The van der Waals surface area contributed by atoms with Crippen LogP contribution in [-0.2, 0) is 11.3 Å². The molecule has 0 spiro atoms. The van der Waals surface area contributed by atoms with Crippen molar-refractivity contribution in [3.8, 4) is 0 Å². The standard InChI is InChI=1S/C14H24ClN3O/c1-4-18-12(11(15)9-17-18)13(16)14(19-3)7-5-10(2)6-8-14/h9-10,13H,4-8,16H2,1-3H3. The van der Waals surface area contributed by atoms with Crippen molar-refractivity contribution in [3.05, 3.63) is 16.9 Å². The maximum Gasteiger partial charge on any atom is 0.0886 e. The van der Waals surface area contributed by atoms with Gasteiger partial charge in [0.05, 0.1) is 28.6 Å². The molecule has 4 nitrogen and oxygen atoms in total. The number of hydrogen-bond acceptors (Lipinski definition) is 3. The van der Waals surface area contributed by atoms with Gasteiger partial charge >= 0.3 is 0 Å². The Morgan fingerprint density at radius 1 is 1.58 bits per heavy atom. The van der Waals surface area contributed by atoms with E-state index in [4.69, 9.17) is 22.1 Å². The van der Waals surface area contributed by atoms with E-state index in [1.165, 1.54) is 0 Å². The third kappa shape index (κ3) is 2.67. The van der Waals surface area contributed by atoms with Crippen LogP contribution in [0.25, 0.3) is 0 Å². The highest BCUT2D eigenvalue weighted by molar-refractivity contribution is 6.31. The molecule has 1 aromatic heterocycles. The van der Waals surface area contributed by atoms with Crippen LogP contribution in [0, 0.1) is 5.92 Å². The van der Waals surface area contributed by atoms with Crippen molar-refractivity contribution >= 4 is 11.6 Å². The van der Waals surface area contributed by atoms with Crippen molar-refractivity contribution in [2.45, 2.75) is 57.7 Å². The van der Waals surface area contributed by atoms with Crippen molar-refractivity contribution in [1.82, 2.24) is 9.78 Å². The summed E-state index contributed by atoms with van der Waals surface area (Å²) in [4.78, 5) is 0. The number of nitrogens with zero attached hydrogens (tertiary/aromatic N) is 2. The van der Waals surface area contributed by atoms with E-state index in [0.29, 0.717) is 5.02 Å². The molecule has 2 N–H and O–H groups in total. The molecular formula is C14H24ClN3O. The molecule has 1 aliphatic rings. The fourth-order valence-electron chi connectivity index (χ4n) is 3.08. The third-order valence-corrected chi connectivity index (χ3v) is 4.81. The average Bonchev–Trinajstić information content (AvgIpc) is 2.80. The zero-order chi connectivity index (χ0) is 14.0. The van der Waals surface area contributed by atoms with Crippen LogP contribution in [0.2, 0.25) is 5.02 Å². The maximum atomic E-state index is 6.51. The SMILES string of the molecule is CCn1ncc(Cl)c1C(N)C1(OC)CCC(C)CC1. The molecule has 1 heterocycles. The summed E-state index contributed by atoms with van der Waals surface area (Å²) in [5, 5.41) is 4.92. The number of aryl methyl sites for hydroxylation is 1. The van der Waals surface area contributed by atoms with Gasteiger partial charge in [0.1, 0.15) is 0 Å². The fourth-order valence-corrected chi connectivity index (χ4v) is 3.33. The van der Waals surface area contributed by atoms with Crippen molar-refractivity contribution in [1.29, 1.82) is 0 Å². The van der Waals surface area contributed by atoms with Gasteiger partial charge in [0.25, 0.3) is 0 Å². The van der Waals surface area contributed by atoms with Crippen LogP contribution in [0.15, 0.2) is 6.20 Å². The van der Waals surface area contributed by atoms with Crippen LogP contribution in [0.5, 0.6) is 0 Å². The lowest BCUT2D eigenvalue weighted by atomic mass is 9.74. The van der Waals surface area contributed by atoms with E-state index in [1.54, 1.807) is 13.3 Å². The molecule has 0 amide bonds. The molecule has 5 heteroatoms. The molecule has 0 aromatic carbocycles. The summed E-state index contributed by atoms with van der Waals surface area (Å²) >= 11 is 6.27. The van der Waals surface area contributed by atoms with Crippen LogP contribution in [0.4, 0.5) is 0 Å². The van der Waals surface area contributed by atoms with Gasteiger partial charge in [0.15, 0.2) is 0 Å². The summed E-state index contributed by atoms with van der Waals surface area (Å²) in [6, 6.07) is -0.222. The third-order valence-electron chi connectivity index (χ3n) is 4.52. The van der Waals surface area contributed by atoms with E-state index in [2.05, 4.69) is 12.0 Å². The van der Waals surface area contributed by atoms with Gasteiger partial charge in [-0.25, -0.2) is 0 Å². The minimum Gasteiger partial charge on any atom is -0.376 e. The Labute approximate surface area is 120 Å². The largest absolute Gasteiger partial charge is 0.376 e. The molecule has 0 bridgehead atoms. The number of rotatable bonds is 4. The maximum absolute atomic E-state index is 6.51. The highest BCUT2D eigenvalue weighted by Gasteiger charge is 2.42. The predicted octanol–water partition coefficient (Wildman–Crippen LogP) is 3.15.